The number of unbranched alkanes of at least 4 members (excludes halogenated alkanes) is 1. The Bertz CT molecular complexity index is 2560. The molecule has 1 fully saturated rings. The summed E-state index contributed by atoms with van der Waals surface area (Å²) in [6.07, 6.45) is 1.76. The first kappa shape index (κ1) is 47.1. The predicted molar refractivity (Wildman–Crippen MR) is 244 cm³/mol. The van der Waals surface area contributed by atoms with E-state index in [1.807, 2.05) is 52.0 Å². The number of nitrogens with one attached hydrogen (secondary N) is 5. The Labute approximate surface area is 375 Å². The molecular weight excluding hydrogens is 861 g/mol. The fraction of sp³-hybridized carbons (Fsp3) is 0.386. The number of hydrogen-bond donors (Lipinski definition) is 7. The molecule has 3 aromatic heterocycles. The molecule has 4 amide bonds. The first-order chi connectivity index (χ1) is 30.4. The van der Waals surface area contributed by atoms with E-state index in [9.17, 15) is 32.7 Å². The van der Waals surface area contributed by atoms with Crippen molar-refractivity contribution in [1.82, 2.24) is 35.7 Å². The lowest BCUT2D eigenvalue weighted by atomic mass is 9.85. The Morgan fingerprint density at radius 1 is 1.02 bits per heavy atom. The van der Waals surface area contributed by atoms with Gasteiger partial charge in [-0.15, -0.1) is 11.3 Å². The number of rotatable bonds is 19. The number of aryl methyl sites for hydroxylation is 1. The van der Waals surface area contributed by atoms with E-state index in [4.69, 9.17) is 10.5 Å². The van der Waals surface area contributed by atoms with Crippen molar-refractivity contribution in [3.63, 3.8) is 0 Å². The highest BCUT2D eigenvalue weighted by Crippen LogP contribution is 2.31. The van der Waals surface area contributed by atoms with E-state index in [0.717, 1.165) is 21.7 Å². The number of carbonyl (C=O) groups is 4. The number of thiazole rings is 1. The normalized spacial score (nSPS) is 15.6. The number of anilines is 3. The quantitative estimate of drug-likeness (QED) is 0.0548. The zero-order chi connectivity index (χ0) is 46.2. The molecule has 3 atom stereocenters. The Hall–Kier alpha value is -6.38. The molecule has 18 nitrogen and oxygen atoms in total. The topological polar surface area (TPSA) is 264 Å². The van der Waals surface area contributed by atoms with Crippen molar-refractivity contribution in [2.24, 2.45) is 11.1 Å². The van der Waals surface area contributed by atoms with Gasteiger partial charge in [0, 0.05) is 55.1 Å². The van der Waals surface area contributed by atoms with Crippen molar-refractivity contribution in [2.45, 2.75) is 85.0 Å². The SMILES string of the molecule is CCS(=O)(=O)Nc1ccc(-c2n[nH]c(Nc3ccnc(OCCCCC(=O)N[C@H](C(=O)N4C[C@@H](O)C[C@H]4C(=O)NCc4ccc(-c5scnc5C)cc4)C(C)(C)C)c3)c2C(N)=O)cc1. The molecule has 340 valence electrons. The summed E-state index contributed by atoms with van der Waals surface area (Å²) in [6.45, 7) is 9.44. The number of nitrogens with two attached hydrogens (primary N) is 1. The summed E-state index contributed by atoms with van der Waals surface area (Å²) in [7, 11) is -3.46. The van der Waals surface area contributed by atoms with Crippen LogP contribution in [0.15, 0.2) is 72.4 Å². The first-order valence-corrected chi connectivity index (χ1v) is 23.4. The van der Waals surface area contributed by atoms with Crippen molar-refractivity contribution >= 4 is 62.2 Å². The number of hydrogen-bond acceptors (Lipinski definition) is 13. The van der Waals surface area contributed by atoms with Crippen LogP contribution in [0.4, 0.5) is 17.2 Å². The molecule has 0 aliphatic carbocycles. The first-order valence-electron chi connectivity index (χ1n) is 20.8. The maximum absolute atomic E-state index is 14.0. The second kappa shape index (κ2) is 20.4. The summed E-state index contributed by atoms with van der Waals surface area (Å²) in [5.74, 6) is -1.46. The Morgan fingerprint density at radius 3 is 2.39 bits per heavy atom. The predicted octanol–water partition coefficient (Wildman–Crippen LogP) is 4.87. The summed E-state index contributed by atoms with van der Waals surface area (Å²) in [5, 5.41) is 26.6. The van der Waals surface area contributed by atoms with Gasteiger partial charge in [0.25, 0.3) is 5.91 Å². The molecule has 0 radical (unpaired) electrons. The van der Waals surface area contributed by atoms with E-state index in [1.54, 1.807) is 53.2 Å². The number of aliphatic hydroxyl groups excluding tert-OH is 1. The average molecular weight is 915 g/mol. The third-order valence-corrected chi connectivity index (χ3v) is 12.9. The van der Waals surface area contributed by atoms with Crippen molar-refractivity contribution in [1.29, 1.82) is 0 Å². The highest BCUT2D eigenvalue weighted by molar-refractivity contribution is 7.92. The summed E-state index contributed by atoms with van der Waals surface area (Å²) in [6, 6.07) is 15.6. The van der Waals surface area contributed by atoms with Crippen LogP contribution < -0.4 is 31.1 Å². The van der Waals surface area contributed by atoms with Crippen molar-refractivity contribution < 1.29 is 37.4 Å². The van der Waals surface area contributed by atoms with E-state index in [-0.39, 0.29) is 73.1 Å². The minimum absolute atomic E-state index is 0.0252. The molecule has 8 N–H and O–H groups in total. The Kier molecular flexibility index (Phi) is 15.0. The minimum atomic E-state index is -3.46. The number of benzene rings is 2. The number of H-pyrrole nitrogens is 1. The maximum atomic E-state index is 14.0. The molecule has 1 aliphatic rings. The second-order valence-electron chi connectivity index (χ2n) is 16.5. The number of aromatic nitrogens is 4. The molecular formula is C44H54N10O8S2. The second-order valence-corrected chi connectivity index (χ2v) is 19.4. The van der Waals surface area contributed by atoms with Gasteiger partial charge in [-0.3, -0.25) is 29.0 Å². The lowest BCUT2D eigenvalue weighted by Gasteiger charge is -2.35. The summed E-state index contributed by atoms with van der Waals surface area (Å²) < 4.78 is 32.2. The molecule has 6 rings (SSSR count). The summed E-state index contributed by atoms with van der Waals surface area (Å²) in [5.41, 5.74) is 11.5. The van der Waals surface area contributed by atoms with Crippen molar-refractivity contribution in [3.05, 3.63) is 89.2 Å². The number of sulfonamides is 1. The van der Waals surface area contributed by atoms with E-state index < -0.39 is 45.4 Å². The van der Waals surface area contributed by atoms with Gasteiger partial charge in [-0.25, -0.2) is 18.4 Å². The lowest BCUT2D eigenvalue weighted by Crippen LogP contribution is -2.57. The smallest absolute Gasteiger partial charge is 0.254 e. The molecule has 5 aromatic rings. The monoisotopic (exact) mass is 914 g/mol. The van der Waals surface area contributed by atoms with Gasteiger partial charge in [-0.05, 0) is 61.4 Å². The van der Waals surface area contributed by atoms with Gasteiger partial charge in [0.05, 0.1) is 34.5 Å². The zero-order valence-corrected chi connectivity index (χ0v) is 37.9. The van der Waals surface area contributed by atoms with Crippen LogP contribution >= 0.6 is 11.3 Å². The van der Waals surface area contributed by atoms with Crippen LogP contribution in [-0.4, -0.2) is 99.3 Å². The van der Waals surface area contributed by atoms with Crippen molar-refractivity contribution in [3.8, 4) is 27.6 Å². The molecule has 1 saturated heterocycles. The minimum Gasteiger partial charge on any atom is -0.478 e. The van der Waals surface area contributed by atoms with E-state index >= 15 is 0 Å². The van der Waals surface area contributed by atoms with E-state index in [1.165, 1.54) is 18.0 Å². The van der Waals surface area contributed by atoms with Crippen LogP contribution in [0.2, 0.25) is 0 Å². The largest absolute Gasteiger partial charge is 0.478 e. The molecule has 0 bridgehead atoms. The van der Waals surface area contributed by atoms with Crippen LogP contribution in [0, 0.1) is 12.3 Å². The van der Waals surface area contributed by atoms with Gasteiger partial charge in [-0.1, -0.05) is 57.2 Å². The molecule has 4 heterocycles. The molecule has 0 spiro atoms. The zero-order valence-electron chi connectivity index (χ0n) is 36.3. The van der Waals surface area contributed by atoms with Gasteiger partial charge in [0.1, 0.15) is 29.2 Å². The molecule has 2 aromatic carbocycles. The number of pyridine rings is 1. The highest BCUT2D eigenvalue weighted by atomic mass is 32.2. The summed E-state index contributed by atoms with van der Waals surface area (Å²) in [4.78, 5) is 64.3. The Morgan fingerprint density at radius 2 is 1.73 bits per heavy atom. The van der Waals surface area contributed by atoms with Crippen LogP contribution in [0.5, 0.6) is 5.88 Å². The van der Waals surface area contributed by atoms with Crippen LogP contribution in [-0.2, 0) is 31.0 Å². The van der Waals surface area contributed by atoms with Crippen molar-refractivity contribution in [2.75, 3.05) is 28.9 Å². The average Bonchev–Trinajstić information content (AvgIpc) is 4.00. The Balaban J connectivity index is 0.980. The number of aromatic amines is 1. The molecule has 0 saturated carbocycles. The third kappa shape index (κ3) is 12.0. The van der Waals surface area contributed by atoms with Gasteiger partial charge < -0.3 is 36.4 Å². The number of aliphatic hydroxyl groups is 1. The number of carbonyl (C=O) groups excluding carboxylic acids is 4. The number of nitrogens with zero attached hydrogens (tertiary/aromatic N) is 4. The molecule has 1 aliphatic heterocycles. The number of likely N-dealkylation sites (tertiary alicyclic amines) is 1. The fourth-order valence-electron chi connectivity index (χ4n) is 7.12. The molecule has 64 heavy (non-hydrogen) atoms. The summed E-state index contributed by atoms with van der Waals surface area (Å²) >= 11 is 1.56. The van der Waals surface area contributed by atoms with Gasteiger partial charge >= 0.3 is 0 Å². The van der Waals surface area contributed by atoms with Crippen LogP contribution in [0.1, 0.15) is 75.0 Å². The number of ether oxygens (including phenoxy) is 1. The standard InChI is InChI=1S/C44H54N10O8S2/c1-6-64(60,61)53-30-16-14-28(15-17-30)37-36(40(45)57)41(52-51-37)49-31-18-19-46-35(21-31)62-20-8-7-9-34(56)50-39(44(3,4)5)43(59)54-24-32(55)22-33(54)42(58)47-23-27-10-12-29(13-11-27)38-26(2)48-25-63-38/h10-19,21,25,32-33,39,53,55H,6-9,20,22-24H2,1-5H3,(H2,45,57)(H,47,58)(H,50,56)(H2,46,49,51,52)/t32-,33-,39+/m0/s1. The highest BCUT2D eigenvalue weighted by Gasteiger charge is 2.44. The van der Waals surface area contributed by atoms with Gasteiger partial charge in [-0.2, -0.15) is 5.10 Å². The number of amides is 4. The van der Waals surface area contributed by atoms with Crippen LogP contribution in [0.25, 0.3) is 21.7 Å². The third-order valence-electron chi connectivity index (χ3n) is 10.6. The molecule has 20 heteroatoms. The number of β-amino-alcohol motifs (C(OH)–C–C–N with tert-alkyl or cyclic N) is 1. The fourth-order valence-corrected chi connectivity index (χ4v) is 8.57. The van der Waals surface area contributed by atoms with Gasteiger partial charge in [0.2, 0.25) is 33.6 Å². The van der Waals surface area contributed by atoms with Crippen LogP contribution in [0.3, 0.4) is 0 Å². The van der Waals surface area contributed by atoms with Gasteiger partial charge in [0.15, 0.2) is 0 Å². The molecule has 0 unspecified atom stereocenters. The maximum Gasteiger partial charge on any atom is 0.254 e. The lowest BCUT2D eigenvalue weighted by molar-refractivity contribution is -0.144. The van der Waals surface area contributed by atoms with E-state index in [0.29, 0.717) is 29.8 Å². The number of primary amides is 1. The van der Waals surface area contributed by atoms with E-state index in [2.05, 4.69) is 40.8 Å².